The first-order chi connectivity index (χ1) is 19.9. The maximum absolute atomic E-state index is 5.65. The maximum atomic E-state index is 5.65. The highest BCUT2D eigenvalue weighted by Gasteiger charge is 1.96. The van der Waals surface area contributed by atoms with Gasteiger partial charge in [0.15, 0.2) is 0 Å². The minimum atomic E-state index is 0.542. The molecule has 0 spiro atoms. The van der Waals surface area contributed by atoms with Gasteiger partial charge in [-0.2, -0.15) is 0 Å². The molecule has 0 atom stereocenters. The fourth-order valence-electron chi connectivity index (χ4n) is 3.77. The molecule has 9 nitrogen and oxygen atoms in total. The Hall–Kier alpha value is -0.360. The van der Waals surface area contributed by atoms with Crippen LogP contribution >= 0.6 is 0 Å². The monoisotopic (exact) mass is 580 g/mol. The van der Waals surface area contributed by atoms with Gasteiger partial charge in [-0.1, -0.05) is 71.1 Å². The molecule has 0 fully saturated rings. The Kier molecular flexibility index (Phi) is 38.3. The van der Waals surface area contributed by atoms with E-state index in [1.807, 2.05) is 6.92 Å². The molecule has 40 heavy (non-hydrogen) atoms. The van der Waals surface area contributed by atoms with Crippen molar-refractivity contribution >= 4 is 0 Å². The molecule has 0 saturated carbocycles. The van der Waals surface area contributed by atoms with E-state index in [1.54, 1.807) is 0 Å². The lowest BCUT2D eigenvalue weighted by Crippen LogP contribution is -2.15. The smallest absolute Gasteiger partial charge is 0.0701 e. The molecule has 0 amide bonds. The van der Waals surface area contributed by atoms with Crippen LogP contribution in [-0.2, 0) is 42.6 Å². The van der Waals surface area contributed by atoms with Crippen molar-refractivity contribution in [2.24, 2.45) is 0 Å². The molecule has 242 valence electrons. The van der Waals surface area contributed by atoms with Crippen LogP contribution < -0.4 is 0 Å². The van der Waals surface area contributed by atoms with Gasteiger partial charge in [-0.25, -0.2) is 0 Å². The SMILES string of the molecule is CCCCCCCCCCCCCOCCOCCOCCOCCOCCOCCOCCOCCOCC. The first-order valence-electron chi connectivity index (χ1n) is 16.1. The van der Waals surface area contributed by atoms with Crippen molar-refractivity contribution < 1.29 is 42.6 Å². The number of hydrogen-bond donors (Lipinski definition) is 0. The van der Waals surface area contributed by atoms with Gasteiger partial charge in [0.05, 0.1) is 106 Å². The second-order valence-electron chi connectivity index (χ2n) is 9.63. The molecule has 0 aliphatic rings. The first-order valence-corrected chi connectivity index (χ1v) is 16.1. The van der Waals surface area contributed by atoms with Crippen molar-refractivity contribution in [3.63, 3.8) is 0 Å². The molecule has 0 aromatic rings. The van der Waals surface area contributed by atoms with Gasteiger partial charge in [-0.05, 0) is 13.3 Å². The van der Waals surface area contributed by atoms with Crippen molar-refractivity contribution in [2.45, 2.75) is 84.5 Å². The fourth-order valence-corrected chi connectivity index (χ4v) is 3.77. The van der Waals surface area contributed by atoms with Gasteiger partial charge < -0.3 is 42.6 Å². The highest BCUT2D eigenvalue weighted by molar-refractivity contribution is 4.48. The normalized spacial score (nSPS) is 11.6. The van der Waals surface area contributed by atoms with Gasteiger partial charge in [0.25, 0.3) is 0 Å². The largest absolute Gasteiger partial charge is 0.379 e. The summed E-state index contributed by atoms with van der Waals surface area (Å²) in [6.45, 7) is 15.0. The van der Waals surface area contributed by atoms with Gasteiger partial charge in [0.2, 0.25) is 0 Å². The molecular formula is C31H64O9. The molecule has 0 bridgehead atoms. The Bertz CT molecular complexity index is 392. The third kappa shape index (κ3) is 37.6. The molecule has 0 aliphatic carbocycles. The number of rotatable bonds is 37. The lowest BCUT2D eigenvalue weighted by Gasteiger charge is -2.09. The Balaban J connectivity index is 3.01. The van der Waals surface area contributed by atoms with E-state index in [1.165, 1.54) is 64.2 Å². The van der Waals surface area contributed by atoms with Crippen LogP contribution in [0, 0.1) is 0 Å². The number of unbranched alkanes of at least 4 members (excludes halogenated alkanes) is 10. The number of ether oxygens (including phenoxy) is 9. The van der Waals surface area contributed by atoms with Crippen molar-refractivity contribution in [3.8, 4) is 0 Å². The topological polar surface area (TPSA) is 83.1 Å². The molecule has 9 heteroatoms. The third-order valence-corrected chi connectivity index (χ3v) is 6.07. The van der Waals surface area contributed by atoms with Gasteiger partial charge >= 0.3 is 0 Å². The summed E-state index contributed by atoms with van der Waals surface area (Å²) in [4.78, 5) is 0. The second kappa shape index (κ2) is 38.6. The fraction of sp³-hybridized carbons (Fsp3) is 1.00. The van der Waals surface area contributed by atoms with E-state index in [9.17, 15) is 0 Å². The highest BCUT2D eigenvalue weighted by Crippen LogP contribution is 2.11. The summed E-state index contributed by atoms with van der Waals surface area (Å²) in [6, 6.07) is 0. The van der Waals surface area contributed by atoms with Crippen LogP contribution in [0.15, 0.2) is 0 Å². The van der Waals surface area contributed by atoms with Gasteiger partial charge in [-0.15, -0.1) is 0 Å². The van der Waals surface area contributed by atoms with Crippen molar-refractivity contribution in [3.05, 3.63) is 0 Å². The molecule has 0 radical (unpaired) electrons. The van der Waals surface area contributed by atoms with Crippen molar-refractivity contribution in [1.29, 1.82) is 0 Å². The standard InChI is InChI=1S/C31H64O9/c1-3-5-6-7-8-9-10-11-12-13-14-15-33-18-19-35-22-23-37-26-27-39-30-31-40-29-28-38-25-24-36-21-20-34-17-16-32-4-2/h3-31H2,1-2H3. The maximum Gasteiger partial charge on any atom is 0.0701 e. The van der Waals surface area contributed by atoms with E-state index in [0.717, 1.165) is 19.6 Å². The molecule has 0 aromatic carbocycles. The van der Waals surface area contributed by atoms with E-state index in [4.69, 9.17) is 42.6 Å². The van der Waals surface area contributed by atoms with Gasteiger partial charge in [0, 0.05) is 13.2 Å². The minimum Gasteiger partial charge on any atom is -0.379 e. The third-order valence-electron chi connectivity index (χ3n) is 6.07. The summed E-state index contributed by atoms with van der Waals surface area (Å²) in [5.41, 5.74) is 0. The van der Waals surface area contributed by atoms with Gasteiger partial charge in [-0.3, -0.25) is 0 Å². The van der Waals surface area contributed by atoms with Crippen LogP contribution in [0.3, 0.4) is 0 Å². The quantitative estimate of drug-likeness (QED) is 0.0889. The second-order valence-corrected chi connectivity index (χ2v) is 9.63. The summed E-state index contributed by atoms with van der Waals surface area (Å²) in [6.07, 6.45) is 14.9. The zero-order valence-electron chi connectivity index (χ0n) is 26.2. The molecule has 0 aliphatic heterocycles. The average molecular weight is 581 g/mol. The lowest BCUT2D eigenvalue weighted by atomic mass is 10.1. The Morgan fingerprint density at radius 1 is 0.225 bits per heavy atom. The van der Waals surface area contributed by atoms with E-state index >= 15 is 0 Å². The lowest BCUT2D eigenvalue weighted by molar-refractivity contribution is -0.0248. The molecule has 0 saturated heterocycles. The zero-order chi connectivity index (χ0) is 28.9. The van der Waals surface area contributed by atoms with Gasteiger partial charge in [0.1, 0.15) is 0 Å². The Morgan fingerprint density at radius 3 is 0.725 bits per heavy atom. The van der Waals surface area contributed by atoms with Crippen LogP contribution in [0.1, 0.15) is 84.5 Å². The molecule has 0 aromatic heterocycles. The summed E-state index contributed by atoms with van der Waals surface area (Å²) >= 11 is 0. The summed E-state index contributed by atoms with van der Waals surface area (Å²) in [5, 5.41) is 0. The van der Waals surface area contributed by atoms with Crippen LogP contribution in [0.2, 0.25) is 0 Å². The van der Waals surface area contributed by atoms with Crippen molar-refractivity contribution in [1.82, 2.24) is 0 Å². The number of hydrogen-bond acceptors (Lipinski definition) is 9. The predicted octanol–water partition coefficient (Wildman–Crippen LogP) is 5.47. The summed E-state index contributed by atoms with van der Waals surface area (Å²) in [7, 11) is 0. The van der Waals surface area contributed by atoms with Crippen LogP contribution in [-0.4, -0.2) is 119 Å². The van der Waals surface area contributed by atoms with Crippen LogP contribution in [0.4, 0.5) is 0 Å². The zero-order valence-corrected chi connectivity index (χ0v) is 26.2. The molecule has 0 heterocycles. The summed E-state index contributed by atoms with van der Waals surface area (Å²) in [5.74, 6) is 0. The van der Waals surface area contributed by atoms with E-state index in [2.05, 4.69) is 6.92 Å². The molecule has 0 N–H and O–H groups in total. The van der Waals surface area contributed by atoms with E-state index < -0.39 is 0 Å². The summed E-state index contributed by atoms with van der Waals surface area (Å²) < 4.78 is 49.1. The first kappa shape index (κ1) is 39.6. The Morgan fingerprint density at radius 2 is 0.450 bits per heavy atom. The minimum absolute atomic E-state index is 0.542. The van der Waals surface area contributed by atoms with E-state index in [-0.39, 0.29) is 0 Å². The Labute approximate surface area is 246 Å². The average Bonchev–Trinajstić information content (AvgIpc) is 2.97. The predicted molar refractivity (Wildman–Crippen MR) is 160 cm³/mol. The molecule has 0 rings (SSSR count). The van der Waals surface area contributed by atoms with Crippen LogP contribution in [0.25, 0.3) is 0 Å². The molecular weight excluding hydrogens is 516 g/mol. The molecule has 0 unspecified atom stereocenters. The van der Waals surface area contributed by atoms with Crippen LogP contribution in [0.5, 0.6) is 0 Å². The van der Waals surface area contributed by atoms with Crippen molar-refractivity contribution in [2.75, 3.05) is 119 Å². The highest BCUT2D eigenvalue weighted by atomic mass is 16.6. The van der Waals surface area contributed by atoms with E-state index in [0.29, 0.717) is 106 Å².